The number of hydrogen-bond donors (Lipinski definition) is 1. The molecule has 1 aromatic heterocycles. The maximum atomic E-state index is 12.4. The molecular formula is C13H21N3O5S3. The van der Waals surface area contributed by atoms with Crippen molar-refractivity contribution in [2.45, 2.75) is 24.1 Å². The molecule has 1 aliphatic rings. The third-order valence-corrected chi connectivity index (χ3v) is 8.59. The quantitative estimate of drug-likeness (QED) is 0.725. The van der Waals surface area contributed by atoms with Gasteiger partial charge >= 0.3 is 0 Å². The van der Waals surface area contributed by atoms with Crippen LogP contribution in [0, 0.1) is 0 Å². The van der Waals surface area contributed by atoms with E-state index < -0.39 is 26.1 Å². The van der Waals surface area contributed by atoms with Crippen molar-refractivity contribution in [3.8, 4) is 0 Å². The molecule has 0 radical (unpaired) electrons. The highest BCUT2D eigenvalue weighted by Gasteiger charge is 2.31. The van der Waals surface area contributed by atoms with E-state index >= 15 is 0 Å². The van der Waals surface area contributed by atoms with Crippen molar-refractivity contribution in [3.05, 3.63) is 17.5 Å². The van der Waals surface area contributed by atoms with E-state index in [0.29, 0.717) is 0 Å². The van der Waals surface area contributed by atoms with Crippen molar-refractivity contribution in [2.24, 2.45) is 0 Å². The molecule has 0 aromatic carbocycles. The number of nitrogens with zero attached hydrogens (tertiary/aromatic N) is 2. The fourth-order valence-corrected chi connectivity index (χ4v) is 5.69. The van der Waals surface area contributed by atoms with E-state index in [-0.39, 0.29) is 42.0 Å². The summed E-state index contributed by atoms with van der Waals surface area (Å²) in [5.41, 5.74) is 0. The molecule has 0 bridgehead atoms. The molecule has 2 heterocycles. The average Bonchev–Trinajstić information content (AvgIpc) is 3.09. The van der Waals surface area contributed by atoms with Crippen molar-refractivity contribution in [3.63, 3.8) is 0 Å². The van der Waals surface area contributed by atoms with E-state index in [1.165, 1.54) is 22.2 Å². The van der Waals surface area contributed by atoms with E-state index in [9.17, 15) is 21.6 Å². The number of thiophene rings is 1. The van der Waals surface area contributed by atoms with Crippen LogP contribution in [-0.4, -0.2) is 69.9 Å². The molecule has 8 nitrogen and oxygen atoms in total. The number of piperazine rings is 1. The molecule has 1 saturated heterocycles. The van der Waals surface area contributed by atoms with Gasteiger partial charge in [-0.2, -0.15) is 9.03 Å². The number of nitrogens with one attached hydrogen (secondary N) is 1. The SMILES string of the molecule is CCS(=O)(=O)N1CCN(C(=O)C(C)NS(=O)(=O)c2cccs2)CC1. The number of carbonyl (C=O) groups excluding carboxylic acids is 1. The van der Waals surface area contributed by atoms with Crippen LogP contribution < -0.4 is 4.72 Å². The highest BCUT2D eigenvalue weighted by atomic mass is 32.2. The molecule has 1 unspecified atom stereocenters. The summed E-state index contributed by atoms with van der Waals surface area (Å²) in [4.78, 5) is 13.9. The Morgan fingerprint density at radius 3 is 2.38 bits per heavy atom. The van der Waals surface area contributed by atoms with E-state index in [1.54, 1.807) is 18.4 Å². The second kappa shape index (κ2) is 7.48. The third kappa shape index (κ3) is 4.33. The summed E-state index contributed by atoms with van der Waals surface area (Å²) in [6.45, 7) is 4.03. The Hall–Kier alpha value is -1.01. The molecule has 1 amide bonds. The van der Waals surface area contributed by atoms with Gasteiger partial charge in [0.25, 0.3) is 10.0 Å². The van der Waals surface area contributed by atoms with Crippen LogP contribution in [0.25, 0.3) is 0 Å². The van der Waals surface area contributed by atoms with Gasteiger partial charge in [-0.15, -0.1) is 11.3 Å². The minimum atomic E-state index is -3.72. The van der Waals surface area contributed by atoms with Gasteiger partial charge < -0.3 is 4.90 Å². The Bertz CT molecular complexity index is 766. The molecule has 136 valence electrons. The molecule has 1 N–H and O–H groups in total. The van der Waals surface area contributed by atoms with Crippen LogP contribution in [-0.2, 0) is 24.8 Å². The summed E-state index contributed by atoms with van der Waals surface area (Å²) in [5, 5.41) is 1.65. The predicted molar refractivity (Wildman–Crippen MR) is 91.7 cm³/mol. The summed E-state index contributed by atoms with van der Waals surface area (Å²) >= 11 is 1.08. The zero-order valence-electron chi connectivity index (χ0n) is 13.5. The van der Waals surface area contributed by atoms with Crippen molar-refractivity contribution in [2.75, 3.05) is 31.9 Å². The summed E-state index contributed by atoms with van der Waals surface area (Å²) in [7, 11) is -6.99. The molecule has 24 heavy (non-hydrogen) atoms. The largest absolute Gasteiger partial charge is 0.339 e. The van der Waals surface area contributed by atoms with Crippen LogP contribution in [0.4, 0.5) is 0 Å². The molecule has 1 atom stereocenters. The molecule has 11 heteroatoms. The van der Waals surface area contributed by atoms with Crippen LogP contribution in [0.3, 0.4) is 0 Å². The first-order valence-corrected chi connectivity index (χ1v) is 11.5. The maximum Gasteiger partial charge on any atom is 0.250 e. The number of sulfonamides is 2. The normalized spacial score (nSPS) is 18.5. The average molecular weight is 396 g/mol. The Morgan fingerprint density at radius 1 is 1.25 bits per heavy atom. The molecule has 1 aliphatic heterocycles. The van der Waals surface area contributed by atoms with Crippen molar-refractivity contribution in [1.29, 1.82) is 0 Å². The lowest BCUT2D eigenvalue weighted by Crippen LogP contribution is -2.55. The van der Waals surface area contributed by atoms with E-state index in [0.717, 1.165) is 11.3 Å². The molecule has 1 aromatic rings. The highest BCUT2D eigenvalue weighted by molar-refractivity contribution is 7.91. The lowest BCUT2D eigenvalue weighted by atomic mass is 10.2. The Kier molecular flexibility index (Phi) is 6.02. The van der Waals surface area contributed by atoms with Gasteiger partial charge in [0.2, 0.25) is 15.9 Å². The zero-order valence-corrected chi connectivity index (χ0v) is 16.0. The molecular weight excluding hydrogens is 374 g/mol. The van der Waals surface area contributed by atoms with Crippen molar-refractivity contribution >= 4 is 37.3 Å². The van der Waals surface area contributed by atoms with Gasteiger partial charge in [0, 0.05) is 26.2 Å². The first-order valence-electron chi connectivity index (χ1n) is 7.50. The first kappa shape index (κ1) is 19.3. The third-order valence-electron chi connectivity index (χ3n) is 3.77. The standard InChI is InChI=1S/C13H21N3O5S3/c1-3-23(18,19)16-8-6-15(7-9-16)13(17)11(2)14-24(20,21)12-5-4-10-22-12/h4-5,10-11,14H,3,6-9H2,1-2H3. The van der Waals surface area contributed by atoms with E-state index in [1.807, 2.05) is 0 Å². The Labute approximate surface area is 146 Å². The minimum absolute atomic E-state index is 0.0258. The monoisotopic (exact) mass is 395 g/mol. The fraction of sp³-hybridized carbons (Fsp3) is 0.615. The number of hydrogen-bond acceptors (Lipinski definition) is 6. The van der Waals surface area contributed by atoms with Crippen LogP contribution >= 0.6 is 11.3 Å². The second-order valence-corrected chi connectivity index (χ2v) is 10.5. The van der Waals surface area contributed by atoms with Gasteiger partial charge in [0.15, 0.2) is 0 Å². The topological polar surface area (TPSA) is 104 Å². The van der Waals surface area contributed by atoms with Gasteiger partial charge in [-0.25, -0.2) is 16.8 Å². The Morgan fingerprint density at radius 2 is 1.88 bits per heavy atom. The van der Waals surface area contributed by atoms with Gasteiger partial charge in [0.1, 0.15) is 4.21 Å². The highest BCUT2D eigenvalue weighted by Crippen LogP contribution is 2.16. The second-order valence-electron chi connectivity index (χ2n) is 5.40. The van der Waals surface area contributed by atoms with Crippen molar-refractivity contribution < 1.29 is 21.6 Å². The van der Waals surface area contributed by atoms with Gasteiger partial charge in [-0.05, 0) is 25.3 Å². The molecule has 0 aliphatic carbocycles. The van der Waals surface area contributed by atoms with Gasteiger partial charge in [-0.3, -0.25) is 4.79 Å². The smallest absolute Gasteiger partial charge is 0.250 e. The van der Waals surface area contributed by atoms with Gasteiger partial charge in [-0.1, -0.05) is 6.07 Å². The van der Waals surface area contributed by atoms with Crippen LogP contribution in [0.5, 0.6) is 0 Å². The molecule has 0 saturated carbocycles. The molecule has 1 fully saturated rings. The summed E-state index contributed by atoms with van der Waals surface area (Å²) in [6, 6.07) is 2.18. The van der Waals surface area contributed by atoms with Crippen molar-refractivity contribution in [1.82, 2.24) is 13.9 Å². The number of amides is 1. The molecule has 0 spiro atoms. The minimum Gasteiger partial charge on any atom is -0.339 e. The molecule has 2 rings (SSSR count). The van der Waals surface area contributed by atoms with Gasteiger partial charge in [0.05, 0.1) is 11.8 Å². The Balaban J connectivity index is 1.96. The predicted octanol–water partition coefficient (Wildman–Crippen LogP) is -0.0912. The summed E-state index contributed by atoms with van der Waals surface area (Å²) < 4.78 is 51.8. The van der Waals surface area contributed by atoms with E-state index in [4.69, 9.17) is 0 Å². The first-order chi connectivity index (χ1) is 11.2. The fourth-order valence-electron chi connectivity index (χ4n) is 2.40. The maximum absolute atomic E-state index is 12.4. The number of carbonyl (C=O) groups is 1. The zero-order chi connectivity index (χ0) is 18.0. The summed E-state index contributed by atoms with van der Waals surface area (Å²) in [6.07, 6.45) is 0. The van der Waals surface area contributed by atoms with Crippen LogP contribution in [0.2, 0.25) is 0 Å². The van der Waals surface area contributed by atoms with Crippen LogP contribution in [0.1, 0.15) is 13.8 Å². The summed E-state index contributed by atoms with van der Waals surface area (Å²) in [5.74, 6) is -0.332. The lowest BCUT2D eigenvalue weighted by Gasteiger charge is -2.35. The lowest BCUT2D eigenvalue weighted by molar-refractivity contribution is -0.133. The number of rotatable bonds is 6. The van der Waals surface area contributed by atoms with E-state index in [2.05, 4.69) is 4.72 Å². The van der Waals surface area contributed by atoms with Crippen LogP contribution in [0.15, 0.2) is 21.7 Å².